The Hall–Kier alpha value is -3.86. The van der Waals surface area contributed by atoms with E-state index in [-0.39, 0.29) is 17.4 Å². The monoisotopic (exact) mass is 473 g/mol. The lowest BCUT2D eigenvalue weighted by Gasteiger charge is -2.27. The van der Waals surface area contributed by atoms with Crippen molar-refractivity contribution in [3.05, 3.63) is 71.7 Å². The van der Waals surface area contributed by atoms with Gasteiger partial charge in [-0.1, -0.05) is 12.1 Å². The third kappa shape index (κ3) is 4.88. The van der Waals surface area contributed by atoms with Gasteiger partial charge in [-0.15, -0.1) is 0 Å². The van der Waals surface area contributed by atoms with Gasteiger partial charge in [-0.2, -0.15) is 13.2 Å². The van der Waals surface area contributed by atoms with E-state index in [9.17, 15) is 17.6 Å². The molecule has 0 spiro atoms. The standard InChI is InChI=1S/C23H19F4N5O2/c24-18-7-15(30-16-11-33-12-16)8-19-21(18)32-22(31-19)29-9-13-1-4-17(5-2-13)34-20-6-3-14(10-28-20)23(25,26)27/h1-8,10,16,30H,9,11-12H2,(H2,29,31,32). The lowest BCUT2D eigenvalue weighted by molar-refractivity contribution is -0.137. The topological polar surface area (TPSA) is 84.1 Å². The van der Waals surface area contributed by atoms with Gasteiger partial charge in [0.15, 0.2) is 5.82 Å². The van der Waals surface area contributed by atoms with Crippen LogP contribution in [0.2, 0.25) is 0 Å². The molecule has 0 saturated carbocycles. The first kappa shape index (κ1) is 22.0. The summed E-state index contributed by atoms with van der Waals surface area (Å²) in [5.74, 6) is 0.482. The minimum atomic E-state index is -4.45. The zero-order valence-electron chi connectivity index (χ0n) is 17.6. The Morgan fingerprint density at radius 2 is 1.88 bits per heavy atom. The Labute approximate surface area is 191 Å². The van der Waals surface area contributed by atoms with E-state index in [1.54, 1.807) is 30.3 Å². The summed E-state index contributed by atoms with van der Waals surface area (Å²) >= 11 is 0. The van der Waals surface area contributed by atoms with Crippen molar-refractivity contribution >= 4 is 22.7 Å². The van der Waals surface area contributed by atoms with Crippen LogP contribution in [0.1, 0.15) is 11.1 Å². The fourth-order valence-electron chi connectivity index (χ4n) is 3.39. The van der Waals surface area contributed by atoms with E-state index in [4.69, 9.17) is 9.47 Å². The van der Waals surface area contributed by atoms with Gasteiger partial charge in [0, 0.05) is 24.5 Å². The minimum absolute atomic E-state index is 0.0573. The minimum Gasteiger partial charge on any atom is -0.439 e. The molecule has 3 heterocycles. The number of hydrogen-bond acceptors (Lipinski definition) is 6. The van der Waals surface area contributed by atoms with E-state index < -0.39 is 17.6 Å². The summed E-state index contributed by atoms with van der Waals surface area (Å²) in [6.45, 7) is 1.60. The number of aromatic amines is 1. The number of nitrogens with zero attached hydrogens (tertiary/aromatic N) is 2. The van der Waals surface area contributed by atoms with Crippen molar-refractivity contribution in [2.24, 2.45) is 0 Å². The number of aromatic nitrogens is 3. The lowest BCUT2D eigenvalue weighted by atomic mass is 10.2. The van der Waals surface area contributed by atoms with E-state index in [0.717, 1.165) is 17.8 Å². The second-order valence-electron chi connectivity index (χ2n) is 7.80. The molecule has 4 aromatic rings. The van der Waals surface area contributed by atoms with Crippen molar-refractivity contribution in [3.63, 3.8) is 0 Å². The highest BCUT2D eigenvalue weighted by molar-refractivity contribution is 5.82. The third-order valence-corrected chi connectivity index (χ3v) is 5.22. The van der Waals surface area contributed by atoms with Crippen LogP contribution in [0, 0.1) is 5.82 Å². The number of fused-ring (bicyclic) bond motifs is 1. The van der Waals surface area contributed by atoms with Gasteiger partial charge in [0.05, 0.1) is 30.3 Å². The Bertz CT molecular complexity index is 1290. The Kier molecular flexibility index (Phi) is 5.70. The van der Waals surface area contributed by atoms with Gasteiger partial charge in [0.25, 0.3) is 0 Å². The van der Waals surface area contributed by atoms with Gasteiger partial charge in [0.1, 0.15) is 11.3 Å². The zero-order chi connectivity index (χ0) is 23.7. The third-order valence-electron chi connectivity index (χ3n) is 5.22. The molecule has 1 saturated heterocycles. The maximum Gasteiger partial charge on any atom is 0.417 e. The van der Waals surface area contributed by atoms with Crippen LogP contribution in [0.15, 0.2) is 54.7 Å². The number of ether oxygens (including phenoxy) is 2. The second kappa shape index (κ2) is 8.82. The van der Waals surface area contributed by atoms with Crippen molar-refractivity contribution in [2.45, 2.75) is 18.8 Å². The second-order valence-corrected chi connectivity index (χ2v) is 7.80. The normalized spacial score (nSPS) is 14.1. The first-order valence-electron chi connectivity index (χ1n) is 10.4. The smallest absolute Gasteiger partial charge is 0.417 e. The molecule has 0 radical (unpaired) electrons. The Morgan fingerprint density at radius 3 is 2.53 bits per heavy atom. The number of pyridine rings is 1. The van der Waals surface area contributed by atoms with Crippen LogP contribution in [0.5, 0.6) is 11.6 Å². The van der Waals surface area contributed by atoms with E-state index in [1.165, 1.54) is 12.1 Å². The summed E-state index contributed by atoms with van der Waals surface area (Å²) < 4.78 is 62.9. The summed E-state index contributed by atoms with van der Waals surface area (Å²) in [5, 5.41) is 6.33. The molecule has 3 N–H and O–H groups in total. The van der Waals surface area contributed by atoms with Gasteiger partial charge >= 0.3 is 6.18 Å². The molecule has 1 aliphatic rings. The predicted octanol–water partition coefficient (Wildman–Crippen LogP) is 5.33. The van der Waals surface area contributed by atoms with Gasteiger partial charge in [-0.3, -0.25) is 0 Å². The SMILES string of the molecule is Fc1cc(NC2COC2)cc2[nH]c(NCc3ccc(Oc4ccc(C(F)(F)F)cn4)cc3)nc12. The van der Waals surface area contributed by atoms with Gasteiger partial charge in [-0.25, -0.2) is 14.4 Å². The van der Waals surface area contributed by atoms with Crippen molar-refractivity contribution in [1.82, 2.24) is 15.0 Å². The highest BCUT2D eigenvalue weighted by Crippen LogP contribution is 2.30. The van der Waals surface area contributed by atoms with Gasteiger partial charge < -0.3 is 25.1 Å². The molecule has 0 bridgehead atoms. The molecule has 176 valence electrons. The van der Waals surface area contributed by atoms with Crippen LogP contribution in [0.3, 0.4) is 0 Å². The summed E-state index contributed by atoms with van der Waals surface area (Å²) in [6.07, 6.45) is -3.72. The molecule has 5 rings (SSSR count). The maximum absolute atomic E-state index is 14.4. The molecule has 1 aliphatic heterocycles. The summed E-state index contributed by atoms with van der Waals surface area (Å²) in [5.41, 5.74) is 1.52. The number of nitrogens with one attached hydrogen (secondary N) is 3. The number of alkyl halides is 3. The number of halogens is 4. The van der Waals surface area contributed by atoms with Gasteiger partial charge in [-0.05, 0) is 35.9 Å². The van der Waals surface area contributed by atoms with Crippen LogP contribution in [-0.2, 0) is 17.5 Å². The molecule has 0 aliphatic carbocycles. The fourth-order valence-corrected chi connectivity index (χ4v) is 3.39. The molecule has 1 fully saturated rings. The van der Waals surface area contributed by atoms with Gasteiger partial charge in [0.2, 0.25) is 11.8 Å². The number of hydrogen-bond donors (Lipinski definition) is 3. The highest BCUT2D eigenvalue weighted by Gasteiger charge is 2.30. The van der Waals surface area contributed by atoms with Crippen LogP contribution < -0.4 is 15.4 Å². The summed E-state index contributed by atoms with van der Waals surface area (Å²) in [6, 6.07) is 12.4. The average Bonchev–Trinajstić information content (AvgIpc) is 3.19. The molecular weight excluding hydrogens is 454 g/mol. The van der Waals surface area contributed by atoms with Crippen molar-refractivity contribution < 1.29 is 27.0 Å². The quantitative estimate of drug-likeness (QED) is 0.315. The molecule has 34 heavy (non-hydrogen) atoms. The van der Waals surface area contributed by atoms with Crippen LogP contribution >= 0.6 is 0 Å². The summed E-state index contributed by atoms with van der Waals surface area (Å²) in [4.78, 5) is 11.0. The van der Waals surface area contributed by atoms with E-state index in [2.05, 4.69) is 25.6 Å². The molecule has 2 aromatic heterocycles. The number of anilines is 2. The molecule has 0 unspecified atom stereocenters. The lowest BCUT2D eigenvalue weighted by Crippen LogP contribution is -2.40. The fraction of sp³-hybridized carbons (Fsp3) is 0.217. The number of benzene rings is 2. The number of H-pyrrole nitrogens is 1. The molecular formula is C23H19F4N5O2. The van der Waals surface area contributed by atoms with Crippen molar-refractivity contribution in [1.29, 1.82) is 0 Å². The molecule has 11 heteroatoms. The van der Waals surface area contributed by atoms with E-state index in [1.807, 2.05) is 0 Å². The first-order valence-corrected chi connectivity index (χ1v) is 10.4. The largest absolute Gasteiger partial charge is 0.439 e. The molecule has 7 nitrogen and oxygen atoms in total. The average molecular weight is 473 g/mol. The number of rotatable bonds is 7. The van der Waals surface area contributed by atoms with Crippen molar-refractivity contribution in [2.75, 3.05) is 23.8 Å². The number of imidazole rings is 1. The predicted molar refractivity (Wildman–Crippen MR) is 117 cm³/mol. The maximum atomic E-state index is 14.4. The van der Waals surface area contributed by atoms with Crippen LogP contribution in [0.4, 0.5) is 29.2 Å². The Morgan fingerprint density at radius 1 is 1.09 bits per heavy atom. The van der Waals surface area contributed by atoms with E-state index >= 15 is 0 Å². The van der Waals surface area contributed by atoms with Crippen LogP contribution in [-0.4, -0.2) is 34.2 Å². The van der Waals surface area contributed by atoms with E-state index in [0.29, 0.717) is 42.7 Å². The summed E-state index contributed by atoms with van der Waals surface area (Å²) in [7, 11) is 0. The molecule has 0 amide bonds. The molecule has 2 aromatic carbocycles. The highest BCUT2D eigenvalue weighted by atomic mass is 19.4. The van der Waals surface area contributed by atoms with Crippen molar-refractivity contribution in [3.8, 4) is 11.6 Å². The first-order chi connectivity index (χ1) is 16.3. The Balaban J connectivity index is 1.20. The molecule has 0 atom stereocenters. The van der Waals surface area contributed by atoms with Crippen LogP contribution in [0.25, 0.3) is 11.0 Å². The zero-order valence-corrected chi connectivity index (χ0v) is 17.6.